The van der Waals surface area contributed by atoms with Crippen LogP contribution in [-0.2, 0) is 12.0 Å². The average molecular weight is 370 g/mol. The number of likely N-dealkylation sites (tertiary alicyclic amines) is 1. The van der Waals surface area contributed by atoms with E-state index >= 15 is 0 Å². The lowest BCUT2D eigenvalue weighted by molar-refractivity contribution is 0.0772. The van der Waals surface area contributed by atoms with Crippen LogP contribution in [0.5, 0.6) is 0 Å². The van der Waals surface area contributed by atoms with Crippen molar-refractivity contribution < 1.29 is 4.79 Å². The van der Waals surface area contributed by atoms with Gasteiger partial charge in [-0.15, -0.1) is 12.4 Å². The first-order chi connectivity index (χ1) is 11.4. The third-order valence-corrected chi connectivity index (χ3v) is 5.19. The Kier molecular flexibility index (Phi) is 6.51. The molecule has 3 heterocycles. The van der Waals surface area contributed by atoms with Crippen molar-refractivity contribution in [2.75, 3.05) is 39.3 Å². The fourth-order valence-electron chi connectivity index (χ4n) is 3.91. The van der Waals surface area contributed by atoms with Gasteiger partial charge in [0.2, 0.25) is 0 Å². The Labute approximate surface area is 157 Å². The Bertz CT molecular complexity index is 589. The van der Waals surface area contributed by atoms with Crippen LogP contribution >= 0.6 is 12.4 Å². The van der Waals surface area contributed by atoms with E-state index in [2.05, 4.69) is 43.0 Å². The number of hydrogen-bond acceptors (Lipinski definition) is 4. The van der Waals surface area contributed by atoms with E-state index in [4.69, 9.17) is 0 Å². The first-order valence-corrected chi connectivity index (χ1v) is 9.23. The third-order valence-electron chi connectivity index (χ3n) is 5.19. The molecule has 0 spiro atoms. The molecule has 2 fully saturated rings. The van der Waals surface area contributed by atoms with E-state index in [9.17, 15) is 4.79 Å². The van der Waals surface area contributed by atoms with E-state index < -0.39 is 0 Å². The minimum absolute atomic E-state index is 0. The van der Waals surface area contributed by atoms with Gasteiger partial charge in [-0.3, -0.25) is 14.4 Å². The summed E-state index contributed by atoms with van der Waals surface area (Å²) in [6.45, 7) is 14.5. The first kappa shape index (κ1) is 20.2. The van der Waals surface area contributed by atoms with E-state index in [-0.39, 0.29) is 23.9 Å². The molecule has 0 aromatic carbocycles. The Morgan fingerprint density at radius 3 is 2.56 bits per heavy atom. The van der Waals surface area contributed by atoms with Gasteiger partial charge in [-0.2, -0.15) is 5.10 Å². The molecule has 0 aliphatic carbocycles. The van der Waals surface area contributed by atoms with Gasteiger partial charge in [0.1, 0.15) is 0 Å². The van der Waals surface area contributed by atoms with Crippen LogP contribution in [0.2, 0.25) is 0 Å². The van der Waals surface area contributed by atoms with Crippen molar-refractivity contribution >= 4 is 18.3 Å². The summed E-state index contributed by atoms with van der Waals surface area (Å²) < 4.78 is 2.00. The number of carbonyl (C=O) groups excluding carboxylic acids is 1. The molecule has 0 bridgehead atoms. The molecule has 6 nitrogen and oxygen atoms in total. The van der Waals surface area contributed by atoms with Crippen LogP contribution in [0.1, 0.15) is 50.2 Å². The quantitative estimate of drug-likeness (QED) is 0.881. The predicted molar refractivity (Wildman–Crippen MR) is 103 cm³/mol. The molecule has 0 radical (unpaired) electrons. The minimum Gasteiger partial charge on any atom is -0.337 e. The maximum Gasteiger partial charge on any atom is 0.257 e. The Morgan fingerprint density at radius 2 is 1.96 bits per heavy atom. The number of nitrogens with zero attached hydrogens (tertiary/aromatic N) is 4. The molecule has 1 atom stereocenters. The molecule has 1 amide bonds. The number of aromatic nitrogens is 2. The highest BCUT2D eigenvalue weighted by Crippen LogP contribution is 2.23. The van der Waals surface area contributed by atoms with E-state index in [1.54, 1.807) is 6.20 Å². The van der Waals surface area contributed by atoms with Gasteiger partial charge in [0.25, 0.3) is 5.91 Å². The Morgan fingerprint density at radius 1 is 1.28 bits per heavy atom. The van der Waals surface area contributed by atoms with Crippen molar-refractivity contribution in [3.05, 3.63) is 17.5 Å². The molecular formula is C18H32ClN5O. The Balaban J connectivity index is 0.00000225. The molecule has 1 N–H and O–H groups in total. The van der Waals surface area contributed by atoms with Crippen molar-refractivity contribution in [2.24, 2.45) is 0 Å². The number of hydrogen-bond donors (Lipinski definition) is 1. The van der Waals surface area contributed by atoms with Crippen LogP contribution in [-0.4, -0.2) is 70.8 Å². The maximum atomic E-state index is 13.0. The summed E-state index contributed by atoms with van der Waals surface area (Å²) in [6, 6.07) is 0.513. The first-order valence-electron chi connectivity index (χ1n) is 9.23. The lowest BCUT2D eigenvalue weighted by Gasteiger charge is -2.32. The van der Waals surface area contributed by atoms with Gasteiger partial charge in [-0.1, -0.05) is 6.92 Å². The van der Waals surface area contributed by atoms with Gasteiger partial charge in [-0.05, 0) is 33.6 Å². The van der Waals surface area contributed by atoms with Crippen LogP contribution in [0.25, 0.3) is 0 Å². The zero-order valence-corrected chi connectivity index (χ0v) is 16.7. The second-order valence-corrected chi connectivity index (χ2v) is 7.92. The number of halogens is 1. The minimum atomic E-state index is -0.0990. The largest absolute Gasteiger partial charge is 0.337 e. The zero-order valence-electron chi connectivity index (χ0n) is 15.9. The third kappa shape index (κ3) is 4.18. The van der Waals surface area contributed by atoms with Crippen molar-refractivity contribution in [3.8, 4) is 0 Å². The zero-order chi connectivity index (χ0) is 17.3. The van der Waals surface area contributed by atoms with Crippen molar-refractivity contribution in [1.29, 1.82) is 0 Å². The van der Waals surface area contributed by atoms with Crippen molar-refractivity contribution in [2.45, 2.75) is 52.1 Å². The molecular weight excluding hydrogens is 338 g/mol. The van der Waals surface area contributed by atoms with Gasteiger partial charge in [-0.25, -0.2) is 0 Å². The lowest BCUT2D eigenvalue weighted by atomic mass is 10.1. The van der Waals surface area contributed by atoms with Crippen LogP contribution in [0.3, 0.4) is 0 Å². The summed E-state index contributed by atoms with van der Waals surface area (Å²) in [4.78, 5) is 17.6. The summed E-state index contributed by atoms with van der Waals surface area (Å²) >= 11 is 0. The number of rotatable bonds is 3. The molecule has 1 unspecified atom stereocenters. The maximum absolute atomic E-state index is 13.0. The summed E-state index contributed by atoms with van der Waals surface area (Å²) in [5, 5.41) is 7.91. The lowest BCUT2D eigenvalue weighted by Crippen LogP contribution is -2.49. The molecule has 142 valence electrons. The molecule has 3 rings (SSSR count). The molecule has 2 aliphatic rings. The molecule has 2 aliphatic heterocycles. The monoisotopic (exact) mass is 369 g/mol. The fraction of sp³-hybridized carbons (Fsp3) is 0.778. The molecule has 0 saturated carbocycles. The highest BCUT2D eigenvalue weighted by molar-refractivity contribution is 5.95. The van der Waals surface area contributed by atoms with Gasteiger partial charge in [0.05, 0.1) is 23.0 Å². The topological polar surface area (TPSA) is 53.4 Å². The molecule has 7 heteroatoms. The summed E-state index contributed by atoms with van der Waals surface area (Å²) in [5.41, 5.74) is 1.74. The van der Waals surface area contributed by atoms with Gasteiger partial charge in [0.15, 0.2) is 0 Å². The normalized spacial score (nSPS) is 22.1. The number of nitrogens with one attached hydrogen (secondary N) is 1. The van der Waals surface area contributed by atoms with Crippen molar-refractivity contribution in [3.63, 3.8) is 0 Å². The van der Waals surface area contributed by atoms with E-state index in [0.717, 1.165) is 63.4 Å². The van der Waals surface area contributed by atoms with Crippen LogP contribution < -0.4 is 5.32 Å². The number of piperazine rings is 1. The average Bonchev–Trinajstić information content (AvgIpc) is 3.21. The van der Waals surface area contributed by atoms with E-state index in [0.29, 0.717) is 6.04 Å². The number of amides is 1. The second-order valence-electron chi connectivity index (χ2n) is 7.92. The molecule has 1 aromatic heterocycles. The predicted octanol–water partition coefficient (Wildman–Crippen LogP) is 1.74. The smallest absolute Gasteiger partial charge is 0.257 e. The van der Waals surface area contributed by atoms with Crippen molar-refractivity contribution in [1.82, 2.24) is 24.9 Å². The number of carbonyl (C=O) groups is 1. The Hall–Kier alpha value is -1.11. The van der Waals surface area contributed by atoms with Crippen LogP contribution in [0.4, 0.5) is 0 Å². The summed E-state index contributed by atoms with van der Waals surface area (Å²) in [6.07, 6.45) is 3.68. The highest BCUT2D eigenvalue weighted by atomic mass is 35.5. The van der Waals surface area contributed by atoms with E-state index in [1.165, 1.54) is 0 Å². The highest BCUT2D eigenvalue weighted by Gasteiger charge is 2.33. The van der Waals surface area contributed by atoms with Gasteiger partial charge in [0, 0.05) is 45.3 Å². The standard InChI is InChI=1S/C18H31N5O.ClH/c1-5-16-15(12-20-23(16)18(2,3)4)17(24)22-9-6-14(13-22)21-10-7-19-8-11-21;/h12,14,19H,5-11,13H2,1-4H3;1H. The SMILES string of the molecule is CCc1c(C(=O)N2CCC(N3CCNCC3)C2)cnn1C(C)(C)C.Cl. The second kappa shape index (κ2) is 8.06. The fourth-order valence-corrected chi connectivity index (χ4v) is 3.91. The van der Waals surface area contributed by atoms with Gasteiger partial charge >= 0.3 is 0 Å². The van der Waals surface area contributed by atoms with Gasteiger partial charge < -0.3 is 10.2 Å². The van der Waals surface area contributed by atoms with E-state index in [1.807, 2.05) is 9.58 Å². The molecule has 1 aromatic rings. The van der Waals surface area contributed by atoms with Crippen LogP contribution in [0.15, 0.2) is 6.20 Å². The molecule has 2 saturated heterocycles. The summed E-state index contributed by atoms with van der Waals surface area (Å²) in [7, 11) is 0. The van der Waals surface area contributed by atoms with Crippen LogP contribution in [0, 0.1) is 0 Å². The summed E-state index contributed by atoms with van der Waals surface area (Å²) in [5.74, 6) is 0.153. The molecule has 25 heavy (non-hydrogen) atoms.